The van der Waals surface area contributed by atoms with Gasteiger partial charge in [-0.3, -0.25) is 4.79 Å². The molecule has 78 valence electrons. The number of nitrogens with one attached hydrogen (secondary N) is 1. The van der Waals surface area contributed by atoms with E-state index in [2.05, 4.69) is 18.8 Å². The van der Waals surface area contributed by atoms with Crippen molar-refractivity contribution >= 4 is 0 Å². The van der Waals surface area contributed by atoms with E-state index in [1.807, 2.05) is 6.92 Å². The van der Waals surface area contributed by atoms with Gasteiger partial charge in [0.05, 0.1) is 0 Å². The van der Waals surface area contributed by atoms with Crippen LogP contribution >= 0.6 is 0 Å². The molecule has 1 heterocycles. The number of hydrogen-bond acceptors (Lipinski definition) is 2. The fourth-order valence-electron chi connectivity index (χ4n) is 1.99. The molecular formula is C11H18N2O. The highest BCUT2D eigenvalue weighted by Crippen LogP contribution is 2.15. The first-order chi connectivity index (χ1) is 6.65. The maximum absolute atomic E-state index is 11.6. The molecule has 0 saturated carbocycles. The Morgan fingerprint density at radius 3 is 2.14 bits per heavy atom. The predicted octanol–water partition coefficient (Wildman–Crippen LogP) is 1.27. The van der Waals surface area contributed by atoms with Gasteiger partial charge in [-0.1, -0.05) is 13.8 Å². The summed E-state index contributed by atoms with van der Waals surface area (Å²) in [6.45, 7) is 6.43. The quantitative estimate of drug-likeness (QED) is 0.761. The van der Waals surface area contributed by atoms with E-state index in [9.17, 15) is 4.79 Å². The van der Waals surface area contributed by atoms with Crippen LogP contribution in [0, 0.1) is 6.92 Å². The normalized spacial score (nSPS) is 10.6. The summed E-state index contributed by atoms with van der Waals surface area (Å²) in [5.74, 6) is 0. The predicted molar refractivity (Wildman–Crippen MR) is 58.4 cm³/mol. The van der Waals surface area contributed by atoms with E-state index >= 15 is 0 Å². The number of aromatic amines is 1. The maximum atomic E-state index is 11.6. The molecule has 1 aromatic heterocycles. The van der Waals surface area contributed by atoms with Crippen LogP contribution in [0.25, 0.3) is 0 Å². The van der Waals surface area contributed by atoms with Gasteiger partial charge in [-0.15, -0.1) is 0 Å². The third-order valence-electron chi connectivity index (χ3n) is 2.67. The molecule has 0 aliphatic heterocycles. The number of H-pyrrole nitrogens is 1. The van der Waals surface area contributed by atoms with Gasteiger partial charge in [0, 0.05) is 17.8 Å². The molecule has 0 aliphatic rings. The Labute approximate surface area is 84.3 Å². The Morgan fingerprint density at radius 2 is 1.71 bits per heavy atom. The van der Waals surface area contributed by atoms with Gasteiger partial charge in [-0.25, -0.2) is 0 Å². The molecule has 0 aromatic carbocycles. The minimum absolute atomic E-state index is 0.0287. The zero-order valence-corrected chi connectivity index (χ0v) is 9.11. The first-order valence-corrected chi connectivity index (χ1v) is 5.09. The highest BCUT2D eigenvalue weighted by molar-refractivity contribution is 5.36. The molecule has 3 N–H and O–H groups in total. The van der Waals surface area contributed by atoms with E-state index in [-0.39, 0.29) is 5.56 Å². The monoisotopic (exact) mass is 194 g/mol. The summed E-state index contributed by atoms with van der Waals surface area (Å²) in [4.78, 5) is 14.4. The standard InChI is InChI=1S/C11H18N2O/c1-4-8-7(3)13-11(14)10(6-12)9(8)5-2/h4-6,12H2,1-3H3,(H,13,14). The lowest BCUT2D eigenvalue weighted by Gasteiger charge is -2.12. The largest absolute Gasteiger partial charge is 0.326 e. The van der Waals surface area contributed by atoms with Crippen molar-refractivity contribution < 1.29 is 0 Å². The van der Waals surface area contributed by atoms with E-state index in [0.717, 1.165) is 29.7 Å². The number of pyridine rings is 1. The second-order valence-electron chi connectivity index (χ2n) is 3.43. The highest BCUT2D eigenvalue weighted by Gasteiger charge is 2.11. The van der Waals surface area contributed by atoms with Crippen molar-refractivity contribution in [2.45, 2.75) is 40.2 Å². The zero-order chi connectivity index (χ0) is 10.7. The van der Waals surface area contributed by atoms with Crippen molar-refractivity contribution in [2.24, 2.45) is 5.73 Å². The second-order valence-corrected chi connectivity index (χ2v) is 3.43. The van der Waals surface area contributed by atoms with Crippen LogP contribution < -0.4 is 11.3 Å². The van der Waals surface area contributed by atoms with Gasteiger partial charge in [0.25, 0.3) is 5.56 Å². The van der Waals surface area contributed by atoms with E-state index in [0.29, 0.717) is 6.54 Å². The molecular weight excluding hydrogens is 176 g/mol. The van der Waals surface area contributed by atoms with Crippen LogP contribution in [0.4, 0.5) is 0 Å². The van der Waals surface area contributed by atoms with Crippen molar-refractivity contribution in [1.29, 1.82) is 0 Å². The molecule has 0 aliphatic carbocycles. The maximum Gasteiger partial charge on any atom is 0.252 e. The van der Waals surface area contributed by atoms with Gasteiger partial charge in [0.1, 0.15) is 0 Å². The Kier molecular flexibility index (Phi) is 3.47. The average Bonchev–Trinajstić information content (AvgIpc) is 2.16. The Morgan fingerprint density at radius 1 is 1.14 bits per heavy atom. The third-order valence-corrected chi connectivity index (χ3v) is 2.67. The molecule has 3 heteroatoms. The molecule has 0 spiro atoms. The van der Waals surface area contributed by atoms with Crippen molar-refractivity contribution in [3.05, 3.63) is 32.7 Å². The van der Waals surface area contributed by atoms with E-state index in [1.165, 1.54) is 5.56 Å². The van der Waals surface area contributed by atoms with E-state index in [1.54, 1.807) is 0 Å². The molecule has 1 rings (SSSR count). The van der Waals surface area contributed by atoms with Crippen LogP contribution in [0.3, 0.4) is 0 Å². The molecule has 0 unspecified atom stereocenters. The van der Waals surface area contributed by atoms with Crippen molar-refractivity contribution in [3.8, 4) is 0 Å². The highest BCUT2D eigenvalue weighted by atomic mass is 16.1. The summed E-state index contributed by atoms with van der Waals surface area (Å²) >= 11 is 0. The lowest BCUT2D eigenvalue weighted by Crippen LogP contribution is -2.22. The van der Waals surface area contributed by atoms with Crippen LogP contribution in [0.1, 0.15) is 36.2 Å². The molecule has 1 aromatic rings. The average molecular weight is 194 g/mol. The fraction of sp³-hybridized carbons (Fsp3) is 0.545. The number of aromatic nitrogens is 1. The van der Waals surface area contributed by atoms with Crippen LogP contribution in [-0.4, -0.2) is 4.98 Å². The van der Waals surface area contributed by atoms with Gasteiger partial charge in [0.15, 0.2) is 0 Å². The molecule has 0 amide bonds. The Bertz CT molecular complexity index is 380. The summed E-state index contributed by atoms with van der Waals surface area (Å²) in [6, 6.07) is 0. The Balaban J connectivity index is 3.51. The van der Waals surface area contributed by atoms with Crippen LogP contribution in [0.15, 0.2) is 4.79 Å². The lowest BCUT2D eigenvalue weighted by molar-refractivity contribution is 0.895. The third kappa shape index (κ3) is 1.73. The zero-order valence-electron chi connectivity index (χ0n) is 9.11. The summed E-state index contributed by atoms with van der Waals surface area (Å²) in [5.41, 5.74) is 9.65. The summed E-state index contributed by atoms with van der Waals surface area (Å²) in [5, 5.41) is 0. The van der Waals surface area contributed by atoms with Gasteiger partial charge in [-0.05, 0) is 30.9 Å². The second kappa shape index (κ2) is 4.42. The van der Waals surface area contributed by atoms with Crippen molar-refractivity contribution in [2.75, 3.05) is 0 Å². The molecule has 0 atom stereocenters. The van der Waals surface area contributed by atoms with Gasteiger partial charge in [-0.2, -0.15) is 0 Å². The minimum atomic E-state index is -0.0287. The minimum Gasteiger partial charge on any atom is -0.326 e. The fourth-order valence-corrected chi connectivity index (χ4v) is 1.99. The summed E-state index contributed by atoms with van der Waals surface area (Å²) in [6.07, 6.45) is 1.82. The van der Waals surface area contributed by atoms with Gasteiger partial charge >= 0.3 is 0 Å². The first kappa shape index (κ1) is 11.0. The number of hydrogen-bond donors (Lipinski definition) is 2. The van der Waals surface area contributed by atoms with Crippen LogP contribution in [-0.2, 0) is 19.4 Å². The summed E-state index contributed by atoms with van der Waals surface area (Å²) < 4.78 is 0. The van der Waals surface area contributed by atoms with Crippen molar-refractivity contribution in [1.82, 2.24) is 4.98 Å². The molecule has 0 radical (unpaired) electrons. The SMILES string of the molecule is CCc1c(C)[nH]c(=O)c(CN)c1CC. The molecule has 0 fully saturated rings. The number of nitrogens with two attached hydrogens (primary N) is 1. The number of rotatable bonds is 3. The number of aryl methyl sites for hydroxylation is 1. The van der Waals surface area contributed by atoms with Crippen molar-refractivity contribution in [3.63, 3.8) is 0 Å². The molecule has 0 saturated heterocycles. The summed E-state index contributed by atoms with van der Waals surface area (Å²) in [7, 11) is 0. The smallest absolute Gasteiger partial charge is 0.252 e. The molecule has 0 bridgehead atoms. The molecule has 3 nitrogen and oxygen atoms in total. The first-order valence-electron chi connectivity index (χ1n) is 5.09. The van der Waals surface area contributed by atoms with E-state index in [4.69, 9.17) is 5.73 Å². The topological polar surface area (TPSA) is 58.9 Å². The van der Waals surface area contributed by atoms with Gasteiger partial charge < -0.3 is 10.7 Å². The van der Waals surface area contributed by atoms with Crippen LogP contribution in [0.5, 0.6) is 0 Å². The van der Waals surface area contributed by atoms with Crippen LogP contribution in [0.2, 0.25) is 0 Å². The lowest BCUT2D eigenvalue weighted by atomic mass is 9.97. The van der Waals surface area contributed by atoms with Gasteiger partial charge in [0.2, 0.25) is 0 Å². The Hall–Kier alpha value is -1.09. The van der Waals surface area contributed by atoms with E-state index < -0.39 is 0 Å². The molecule has 14 heavy (non-hydrogen) atoms.